The van der Waals surface area contributed by atoms with Crippen LogP contribution in [0.5, 0.6) is 0 Å². The Hall–Kier alpha value is -6.20. The van der Waals surface area contributed by atoms with Crippen molar-refractivity contribution >= 4 is 65.6 Å². The monoisotopic (exact) mass is 576 g/mol. The molecule has 0 aliphatic carbocycles. The van der Waals surface area contributed by atoms with E-state index in [1.807, 2.05) is 24.8 Å². The van der Waals surface area contributed by atoms with Crippen molar-refractivity contribution in [2.75, 3.05) is 0 Å². The smallest absolute Gasteiger partial charge is 0.135 e. The molecule has 0 radical (unpaired) electrons. The number of para-hydroxylation sites is 3. The van der Waals surface area contributed by atoms with E-state index >= 15 is 0 Å². The lowest BCUT2D eigenvalue weighted by molar-refractivity contribution is 0.669. The molecule has 5 heterocycles. The molecule has 10 rings (SSSR count). The zero-order chi connectivity index (χ0) is 29.5. The Morgan fingerprint density at radius 1 is 0.400 bits per heavy atom. The van der Waals surface area contributed by atoms with E-state index in [0.717, 1.165) is 60.9 Å². The Labute approximate surface area is 257 Å². The second-order valence-corrected chi connectivity index (χ2v) is 11.5. The van der Waals surface area contributed by atoms with Gasteiger partial charge in [0.05, 0.1) is 34.0 Å². The third-order valence-electron chi connectivity index (χ3n) is 9.08. The molecular weight excluding hydrogens is 552 g/mol. The summed E-state index contributed by atoms with van der Waals surface area (Å²) in [6.07, 6.45) is 7.70. The van der Waals surface area contributed by atoms with Gasteiger partial charge in [0.1, 0.15) is 11.2 Å². The zero-order valence-electron chi connectivity index (χ0n) is 24.1. The Bertz CT molecular complexity index is 2670. The number of hydrogen-bond acceptors (Lipinski definition) is 3. The van der Waals surface area contributed by atoms with Crippen molar-refractivity contribution in [3.8, 4) is 22.5 Å². The van der Waals surface area contributed by atoms with Gasteiger partial charge in [0.25, 0.3) is 0 Å². The first-order chi connectivity index (χ1) is 22.3. The molecule has 5 aromatic carbocycles. The van der Waals surface area contributed by atoms with E-state index in [2.05, 4.69) is 135 Å². The topological polar surface area (TPSA) is 48.8 Å². The number of pyridine rings is 2. The average Bonchev–Trinajstić information content (AvgIpc) is 3.75. The van der Waals surface area contributed by atoms with E-state index in [4.69, 9.17) is 9.40 Å². The van der Waals surface area contributed by atoms with Crippen molar-refractivity contribution in [1.29, 1.82) is 0 Å². The van der Waals surface area contributed by atoms with Gasteiger partial charge in [0, 0.05) is 62.2 Å². The van der Waals surface area contributed by atoms with Crippen LogP contribution in [0.3, 0.4) is 0 Å². The van der Waals surface area contributed by atoms with Crippen LogP contribution in [0.15, 0.2) is 151 Å². The molecule has 5 heteroatoms. The molecule has 5 nitrogen and oxygen atoms in total. The van der Waals surface area contributed by atoms with Crippen molar-refractivity contribution in [2.45, 2.75) is 0 Å². The van der Waals surface area contributed by atoms with Crippen LogP contribution in [-0.4, -0.2) is 19.1 Å². The molecule has 0 saturated heterocycles. The van der Waals surface area contributed by atoms with Crippen molar-refractivity contribution < 1.29 is 4.42 Å². The molecule has 45 heavy (non-hydrogen) atoms. The normalized spacial score (nSPS) is 12.0. The van der Waals surface area contributed by atoms with E-state index in [-0.39, 0.29) is 0 Å². The maximum absolute atomic E-state index is 6.33. The highest BCUT2D eigenvalue weighted by Crippen LogP contribution is 2.37. The average molecular weight is 577 g/mol. The van der Waals surface area contributed by atoms with Crippen LogP contribution in [0.4, 0.5) is 0 Å². The number of benzene rings is 5. The molecule has 0 aliphatic rings. The van der Waals surface area contributed by atoms with Gasteiger partial charge < -0.3 is 13.6 Å². The van der Waals surface area contributed by atoms with Gasteiger partial charge in [0.15, 0.2) is 0 Å². The fourth-order valence-electron chi connectivity index (χ4n) is 7.09. The SMILES string of the molecule is c1ccc2c(c1)c1ccccc1n2-c1cncc(-c2ccc3oc4ccc(-n5c6ccccc6c6cnccc65)cc4c3c2)c1. The maximum Gasteiger partial charge on any atom is 0.135 e. The standard InChI is InChI=1S/C40H24N4O/c1-4-10-35-29(7-1)30-8-2-5-11-36(30)44(35)28-19-26(22-42-23-28)25-13-15-39-32(20-25)33-21-27(14-16-40(33)45-39)43-37-12-6-3-9-31(37)34-24-41-18-17-38(34)43/h1-24H. The first kappa shape index (κ1) is 24.3. The molecule has 0 spiro atoms. The Kier molecular flexibility index (Phi) is 4.93. The van der Waals surface area contributed by atoms with Gasteiger partial charge in [-0.05, 0) is 66.2 Å². The van der Waals surface area contributed by atoms with Crippen LogP contribution in [-0.2, 0) is 0 Å². The highest BCUT2D eigenvalue weighted by atomic mass is 16.3. The van der Waals surface area contributed by atoms with Gasteiger partial charge in [-0.2, -0.15) is 0 Å². The van der Waals surface area contributed by atoms with Crippen molar-refractivity contribution in [3.63, 3.8) is 0 Å². The van der Waals surface area contributed by atoms with Gasteiger partial charge in [-0.15, -0.1) is 0 Å². The Morgan fingerprint density at radius 3 is 1.73 bits per heavy atom. The largest absolute Gasteiger partial charge is 0.456 e. The summed E-state index contributed by atoms with van der Waals surface area (Å²) >= 11 is 0. The molecule has 0 bridgehead atoms. The molecule has 5 aromatic heterocycles. The minimum Gasteiger partial charge on any atom is -0.456 e. The molecular formula is C40H24N4O. The predicted octanol–water partition coefficient (Wildman–Crippen LogP) is 10.2. The van der Waals surface area contributed by atoms with Gasteiger partial charge in [-0.25, -0.2) is 0 Å². The summed E-state index contributed by atoms with van der Waals surface area (Å²) in [5.41, 5.74) is 10.6. The maximum atomic E-state index is 6.33. The molecule has 0 atom stereocenters. The lowest BCUT2D eigenvalue weighted by atomic mass is 10.0. The van der Waals surface area contributed by atoms with Crippen LogP contribution >= 0.6 is 0 Å². The number of hydrogen-bond donors (Lipinski definition) is 0. The molecule has 0 saturated carbocycles. The summed E-state index contributed by atoms with van der Waals surface area (Å²) < 4.78 is 10.9. The fraction of sp³-hybridized carbons (Fsp3) is 0. The van der Waals surface area contributed by atoms with Gasteiger partial charge in [-0.3, -0.25) is 9.97 Å². The van der Waals surface area contributed by atoms with Crippen LogP contribution in [0, 0.1) is 0 Å². The number of nitrogens with zero attached hydrogens (tertiary/aromatic N) is 4. The quantitative estimate of drug-likeness (QED) is 0.210. The van der Waals surface area contributed by atoms with E-state index in [1.54, 1.807) is 0 Å². The summed E-state index contributed by atoms with van der Waals surface area (Å²) in [6.45, 7) is 0. The summed E-state index contributed by atoms with van der Waals surface area (Å²) in [6, 6.07) is 42.8. The molecule has 210 valence electrons. The third-order valence-corrected chi connectivity index (χ3v) is 9.08. The predicted molar refractivity (Wildman–Crippen MR) is 183 cm³/mol. The first-order valence-electron chi connectivity index (χ1n) is 15.1. The molecule has 10 aromatic rings. The Morgan fingerprint density at radius 2 is 1.00 bits per heavy atom. The summed E-state index contributed by atoms with van der Waals surface area (Å²) in [5, 5.41) is 6.96. The second kappa shape index (κ2) is 9.15. The lowest BCUT2D eigenvalue weighted by Gasteiger charge is -2.10. The minimum absolute atomic E-state index is 0.865. The fourth-order valence-corrected chi connectivity index (χ4v) is 7.09. The van der Waals surface area contributed by atoms with E-state index in [9.17, 15) is 0 Å². The summed E-state index contributed by atoms with van der Waals surface area (Å²) in [5.74, 6) is 0. The molecule has 0 aliphatic heterocycles. The summed E-state index contributed by atoms with van der Waals surface area (Å²) in [7, 11) is 0. The van der Waals surface area contributed by atoms with E-state index < -0.39 is 0 Å². The number of fused-ring (bicyclic) bond motifs is 9. The molecule has 0 unspecified atom stereocenters. The molecule has 0 N–H and O–H groups in total. The van der Waals surface area contributed by atoms with Crippen LogP contribution < -0.4 is 0 Å². The van der Waals surface area contributed by atoms with Gasteiger partial charge >= 0.3 is 0 Å². The number of rotatable bonds is 3. The zero-order valence-corrected chi connectivity index (χ0v) is 24.1. The second-order valence-electron chi connectivity index (χ2n) is 11.5. The minimum atomic E-state index is 0.865. The molecule has 0 amide bonds. The van der Waals surface area contributed by atoms with Crippen molar-refractivity contribution in [2.24, 2.45) is 0 Å². The Balaban J connectivity index is 1.15. The van der Waals surface area contributed by atoms with Crippen LogP contribution in [0.2, 0.25) is 0 Å². The van der Waals surface area contributed by atoms with Crippen molar-refractivity contribution in [1.82, 2.24) is 19.1 Å². The number of aromatic nitrogens is 4. The lowest BCUT2D eigenvalue weighted by Crippen LogP contribution is -1.95. The third kappa shape index (κ3) is 3.49. The first-order valence-corrected chi connectivity index (χ1v) is 15.1. The molecule has 0 fully saturated rings. The van der Waals surface area contributed by atoms with E-state index in [0.29, 0.717) is 0 Å². The van der Waals surface area contributed by atoms with Crippen molar-refractivity contribution in [3.05, 3.63) is 146 Å². The van der Waals surface area contributed by atoms with Crippen LogP contribution in [0.25, 0.3) is 88.1 Å². The highest BCUT2D eigenvalue weighted by molar-refractivity contribution is 6.11. The van der Waals surface area contributed by atoms with Crippen LogP contribution in [0.1, 0.15) is 0 Å². The van der Waals surface area contributed by atoms with E-state index in [1.165, 1.54) is 27.2 Å². The summed E-state index contributed by atoms with van der Waals surface area (Å²) in [4.78, 5) is 9.12. The van der Waals surface area contributed by atoms with Gasteiger partial charge in [0.2, 0.25) is 0 Å². The highest BCUT2D eigenvalue weighted by Gasteiger charge is 2.16. The number of furan rings is 1. The van der Waals surface area contributed by atoms with Gasteiger partial charge in [-0.1, -0.05) is 60.7 Å².